The minimum absolute atomic E-state index is 0.593. The lowest BCUT2D eigenvalue weighted by molar-refractivity contribution is 0.218. The molecule has 0 aromatic carbocycles. The summed E-state index contributed by atoms with van der Waals surface area (Å²) in [6, 6.07) is 1.95. The van der Waals surface area contributed by atoms with Gasteiger partial charge in [-0.1, -0.05) is 6.42 Å². The molecule has 1 aliphatic heterocycles. The molecule has 0 saturated carbocycles. The summed E-state index contributed by atoms with van der Waals surface area (Å²) in [5, 5.41) is 12.0. The Morgan fingerprint density at radius 2 is 2.00 bits per heavy atom. The van der Waals surface area contributed by atoms with E-state index in [1.54, 1.807) is 4.52 Å². The molecule has 0 amide bonds. The van der Waals surface area contributed by atoms with E-state index < -0.39 is 0 Å². The van der Waals surface area contributed by atoms with E-state index in [9.17, 15) is 0 Å². The predicted octanol–water partition coefficient (Wildman–Crippen LogP) is 1.86. The van der Waals surface area contributed by atoms with E-state index in [1.807, 2.05) is 30.1 Å². The first-order valence-corrected chi connectivity index (χ1v) is 8.47. The van der Waals surface area contributed by atoms with Gasteiger partial charge in [0.25, 0.3) is 5.78 Å². The first-order valence-electron chi connectivity index (χ1n) is 8.47. The van der Waals surface area contributed by atoms with Crippen molar-refractivity contribution in [3.05, 3.63) is 30.5 Å². The zero-order valence-corrected chi connectivity index (χ0v) is 13.9. The standard InChI is InChI=1S/C16H22N8/c1-13-9-15(24-16(20-13)17-12-19-24)21-14-10-18-23(11-14)8-7-22-5-3-2-4-6-22/h9-12,21H,2-8H2,1H3. The summed E-state index contributed by atoms with van der Waals surface area (Å²) in [6.45, 7) is 6.35. The van der Waals surface area contributed by atoms with Crippen LogP contribution in [0.15, 0.2) is 24.8 Å². The van der Waals surface area contributed by atoms with Gasteiger partial charge in [-0.3, -0.25) is 4.68 Å². The fourth-order valence-electron chi connectivity index (χ4n) is 3.14. The smallest absolute Gasteiger partial charge is 0.254 e. The summed E-state index contributed by atoms with van der Waals surface area (Å²) >= 11 is 0. The highest BCUT2D eigenvalue weighted by Gasteiger charge is 2.10. The molecule has 0 spiro atoms. The molecule has 8 nitrogen and oxygen atoms in total. The number of fused-ring (bicyclic) bond motifs is 1. The maximum atomic E-state index is 4.45. The van der Waals surface area contributed by atoms with Crippen LogP contribution in [0.5, 0.6) is 0 Å². The average Bonchev–Trinajstić information content (AvgIpc) is 3.23. The van der Waals surface area contributed by atoms with Crippen LogP contribution < -0.4 is 5.32 Å². The number of hydrogen-bond donors (Lipinski definition) is 1. The lowest BCUT2D eigenvalue weighted by Crippen LogP contribution is -2.32. The zero-order chi connectivity index (χ0) is 16.4. The van der Waals surface area contributed by atoms with Gasteiger partial charge in [0.1, 0.15) is 12.1 Å². The van der Waals surface area contributed by atoms with Crippen LogP contribution in [-0.4, -0.2) is 53.9 Å². The van der Waals surface area contributed by atoms with Crippen LogP contribution in [0.1, 0.15) is 25.0 Å². The molecule has 1 fully saturated rings. The van der Waals surface area contributed by atoms with E-state index in [1.165, 1.54) is 38.7 Å². The maximum Gasteiger partial charge on any atom is 0.254 e. The number of anilines is 2. The summed E-state index contributed by atoms with van der Waals surface area (Å²) in [4.78, 5) is 11.0. The zero-order valence-electron chi connectivity index (χ0n) is 13.9. The highest BCUT2D eigenvalue weighted by atomic mass is 15.4. The van der Waals surface area contributed by atoms with Crippen molar-refractivity contribution in [3.8, 4) is 0 Å². The molecule has 3 aromatic rings. The Labute approximate surface area is 140 Å². The molecule has 0 bridgehead atoms. The highest BCUT2D eigenvalue weighted by molar-refractivity contribution is 5.56. The number of likely N-dealkylation sites (tertiary alicyclic amines) is 1. The van der Waals surface area contributed by atoms with E-state index in [2.05, 4.69) is 30.4 Å². The quantitative estimate of drug-likeness (QED) is 0.771. The van der Waals surface area contributed by atoms with Crippen molar-refractivity contribution < 1.29 is 0 Å². The number of rotatable bonds is 5. The van der Waals surface area contributed by atoms with Crippen LogP contribution >= 0.6 is 0 Å². The van der Waals surface area contributed by atoms with Crippen LogP contribution in [0.3, 0.4) is 0 Å². The lowest BCUT2D eigenvalue weighted by Gasteiger charge is -2.26. The van der Waals surface area contributed by atoms with E-state index in [0.717, 1.165) is 30.3 Å². The lowest BCUT2D eigenvalue weighted by atomic mass is 10.1. The molecule has 1 aliphatic rings. The molecular weight excluding hydrogens is 304 g/mol. The summed E-state index contributed by atoms with van der Waals surface area (Å²) in [5.41, 5.74) is 1.84. The van der Waals surface area contributed by atoms with Crippen LogP contribution in [0.2, 0.25) is 0 Å². The summed E-state index contributed by atoms with van der Waals surface area (Å²) in [5.74, 6) is 1.43. The molecule has 4 rings (SSSR count). The molecule has 0 radical (unpaired) electrons. The number of aryl methyl sites for hydroxylation is 1. The summed E-state index contributed by atoms with van der Waals surface area (Å²) < 4.78 is 3.68. The molecule has 0 unspecified atom stereocenters. The predicted molar refractivity (Wildman–Crippen MR) is 91.3 cm³/mol. The third kappa shape index (κ3) is 3.23. The van der Waals surface area contributed by atoms with E-state index in [-0.39, 0.29) is 0 Å². The van der Waals surface area contributed by atoms with Gasteiger partial charge >= 0.3 is 0 Å². The molecule has 8 heteroatoms. The molecule has 24 heavy (non-hydrogen) atoms. The first kappa shape index (κ1) is 15.1. The summed E-state index contributed by atoms with van der Waals surface area (Å²) in [6.07, 6.45) is 9.39. The third-order valence-corrected chi connectivity index (χ3v) is 4.38. The minimum atomic E-state index is 0.593. The molecule has 1 N–H and O–H groups in total. The second kappa shape index (κ2) is 6.56. The minimum Gasteiger partial charge on any atom is -0.337 e. The van der Waals surface area contributed by atoms with Crippen molar-refractivity contribution in [2.24, 2.45) is 0 Å². The van der Waals surface area contributed by atoms with Gasteiger partial charge in [0.2, 0.25) is 0 Å². The fourth-order valence-corrected chi connectivity index (χ4v) is 3.14. The van der Waals surface area contributed by atoms with E-state index in [0.29, 0.717) is 5.78 Å². The van der Waals surface area contributed by atoms with Crippen molar-refractivity contribution in [3.63, 3.8) is 0 Å². The Morgan fingerprint density at radius 1 is 1.12 bits per heavy atom. The topological polar surface area (TPSA) is 76.2 Å². The molecule has 0 aliphatic carbocycles. The van der Waals surface area contributed by atoms with Gasteiger partial charge in [-0.2, -0.15) is 19.7 Å². The van der Waals surface area contributed by atoms with Gasteiger partial charge in [-0.15, -0.1) is 0 Å². The van der Waals surface area contributed by atoms with Crippen molar-refractivity contribution in [1.29, 1.82) is 0 Å². The number of nitrogens with zero attached hydrogens (tertiary/aromatic N) is 7. The number of nitrogens with one attached hydrogen (secondary N) is 1. The summed E-state index contributed by atoms with van der Waals surface area (Å²) in [7, 11) is 0. The number of piperidine rings is 1. The molecule has 126 valence electrons. The van der Waals surface area contributed by atoms with E-state index in [4.69, 9.17) is 0 Å². The Kier molecular flexibility index (Phi) is 4.12. The largest absolute Gasteiger partial charge is 0.337 e. The second-order valence-corrected chi connectivity index (χ2v) is 6.27. The first-order chi connectivity index (χ1) is 11.8. The van der Waals surface area contributed by atoms with Crippen LogP contribution in [0.25, 0.3) is 5.78 Å². The SMILES string of the molecule is Cc1cc(Nc2cnn(CCN3CCCCC3)c2)n2ncnc2n1. The van der Waals surface area contributed by atoms with Crippen LogP contribution in [0.4, 0.5) is 11.5 Å². The Hall–Kier alpha value is -2.48. The van der Waals surface area contributed by atoms with Crippen molar-refractivity contribution in [2.75, 3.05) is 25.0 Å². The van der Waals surface area contributed by atoms with E-state index >= 15 is 0 Å². The Morgan fingerprint density at radius 3 is 2.88 bits per heavy atom. The van der Waals surface area contributed by atoms with Gasteiger partial charge in [-0.25, -0.2) is 4.98 Å². The third-order valence-electron chi connectivity index (χ3n) is 4.38. The Balaban J connectivity index is 1.43. The normalized spacial score (nSPS) is 15.9. The second-order valence-electron chi connectivity index (χ2n) is 6.27. The van der Waals surface area contributed by atoms with Crippen LogP contribution in [-0.2, 0) is 6.54 Å². The fraction of sp³-hybridized carbons (Fsp3) is 0.500. The molecule has 3 aromatic heterocycles. The highest BCUT2D eigenvalue weighted by Crippen LogP contribution is 2.17. The van der Waals surface area contributed by atoms with Crippen molar-refractivity contribution >= 4 is 17.3 Å². The molecular formula is C16H22N8. The average molecular weight is 326 g/mol. The molecule has 0 atom stereocenters. The monoisotopic (exact) mass is 326 g/mol. The Bertz CT molecular complexity index is 814. The maximum absolute atomic E-state index is 4.45. The van der Waals surface area contributed by atoms with Crippen molar-refractivity contribution in [2.45, 2.75) is 32.7 Å². The van der Waals surface area contributed by atoms with Crippen LogP contribution in [0, 0.1) is 6.92 Å². The van der Waals surface area contributed by atoms with Crippen molar-refractivity contribution in [1.82, 2.24) is 34.3 Å². The molecule has 1 saturated heterocycles. The molecule has 4 heterocycles. The number of hydrogen-bond acceptors (Lipinski definition) is 6. The number of aromatic nitrogens is 6. The van der Waals surface area contributed by atoms with Gasteiger partial charge < -0.3 is 10.2 Å². The van der Waals surface area contributed by atoms with Gasteiger partial charge in [-0.05, 0) is 32.9 Å². The van der Waals surface area contributed by atoms with Gasteiger partial charge in [0.15, 0.2) is 0 Å². The van der Waals surface area contributed by atoms with Gasteiger partial charge in [0, 0.05) is 24.5 Å². The van der Waals surface area contributed by atoms with Gasteiger partial charge in [0.05, 0.1) is 18.4 Å².